The first kappa shape index (κ1) is 16.0. The van der Waals surface area contributed by atoms with Crippen molar-refractivity contribution in [2.75, 3.05) is 40.0 Å². The van der Waals surface area contributed by atoms with Crippen LogP contribution in [0.1, 0.15) is 30.7 Å². The van der Waals surface area contributed by atoms with E-state index in [9.17, 15) is 4.79 Å². The van der Waals surface area contributed by atoms with Crippen molar-refractivity contribution in [1.82, 2.24) is 4.90 Å². The van der Waals surface area contributed by atoms with Crippen molar-refractivity contribution in [3.05, 3.63) is 35.9 Å². The maximum absolute atomic E-state index is 12.2. The summed E-state index contributed by atoms with van der Waals surface area (Å²) in [6, 6.07) is 10.5. The Balaban J connectivity index is 1.79. The fourth-order valence-electron chi connectivity index (χ4n) is 2.75. The second-order valence-corrected chi connectivity index (χ2v) is 5.42. The molecule has 0 saturated carbocycles. The monoisotopic (exact) mass is 291 g/mol. The van der Waals surface area contributed by atoms with Crippen molar-refractivity contribution in [2.45, 2.75) is 25.2 Å². The van der Waals surface area contributed by atoms with E-state index >= 15 is 0 Å². The zero-order valence-electron chi connectivity index (χ0n) is 12.8. The van der Waals surface area contributed by atoms with E-state index in [-0.39, 0.29) is 5.91 Å². The molecule has 1 fully saturated rings. The summed E-state index contributed by atoms with van der Waals surface area (Å²) in [5, 5.41) is 0. The topological polar surface area (TPSA) is 38.8 Å². The zero-order chi connectivity index (χ0) is 14.9. The van der Waals surface area contributed by atoms with Gasteiger partial charge in [0.2, 0.25) is 5.91 Å². The van der Waals surface area contributed by atoms with Crippen LogP contribution in [-0.2, 0) is 14.3 Å². The van der Waals surface area contributed by atoms with Crippen LogP contribution in [-0.4, -0.2) is 50.8 Å². The molecular weight excluding hydrogens is 266 g/mol. The first-order valence-electron chi connectivity index (χ1n) is 7.70. The van der Waals surface area contributed by atoms with Gasteiger partial charge in [-0.25, -0.2) is 0 Å². The van der Waals surface area contributed by atoms with E-state index in [1.54, 1.807) is 7.11 Å². The molecule has 1 aromatic carbocycles. The molecule has 1 amide bonds. The van der Waals surface area contributed by atoms with Gasteiger partial charge in [0.05, 0.1) is 19.8 Å². The van der Waals surface area contributed by atoms with E-state index in [0.29, 0.717) is 38.7 Å². The van der Waals surface area contributed by atoms with Gasteiger partial charge in [-0.1, -0.05) is 30.3 Å². The molecule has 0 aromatic heterocycles. The fourth-order valence-corrected chi connectivity index (χ4v) is 2.75. The van der Waals surface area contributed by atoms with E-state index in [1.807, 2.05) is 11.0 Å². The lowest BCUT2D eigenvalue weighted by atomic mass is 9.92. The Bertz CT molecular complexity index is 421. The molecule has 0 N–H and O–H groups in total. The van der Waals surface area contributed by atoms with Gasteiger partial charge in [-0.05, 0) is 24.3 Å². The number of likely N-dealkylation sites (tertiary alicyclic amines) is 1. The van der Waals surface area contributed by atoms with Crippen molar-refractivity contribution >= 4 is 5.91 Å². The van der Waals surface area contributed by atoms with Gasteiger partial charge in [0.1, 0.15) is 0 Å². The summed E-state index contributed by atoms with van der Waals surface area (Å²) in [5.74, 6) is 0.748. The number of hydrogen-bond acceptors (Lipinski definition) is 3. The second-order valence-electron chi connectivity index (χ2n) is 5.42. The van der Waals surface area contributed by atoms with E-state index in [2.05, 4.69) is 24.3 Å². The van der Waals surface area contributed by atoms with Gasteiger partial charge < -0.3 is 14.4 Å². The molecule has 0 spiro atoms. The molecule has 1 aliphatic rings. The molecule has 1 unspecified atom stereocenters. The summed E-state index contributed by atoms with van der Waals surface area (Å²) >= 11 is 0. The van der Waals surface area contributed by atoms with Gasteiger partial charge in [0.25, 0.3) is 0 Å². The molecule has 4 heteroatoms. The predicted octanol–water partition coefficient (Wildman–Crippen LogP) is 2.45. The van der Waals surface area contributed by atoms with Gasteiger partial charge >= 0.3 is 0 Å². The third kappa shape index (κ3) is 5.14. The van der Waals surface area contributed by atoms with Crippen molar-refractivity contribution in [1.29, 1.82) is 0 Å². The lowest BCUT2D eigenvalue weighted by Crippen LogP contribution is -2.33. The number of nitrogens with zero attached hydrogens (tertiary/aromatic N) is 1. The van der Waals surface area contributed by atoms with Crippen molar-refractivity contribution in [3.63, 3.8) is 0 Å². The zero-order valence-corrected chi connectivity index (χ0v) is 12.8. The molecule has 1 atom stereocenters. The fraction of sp³-hybridized carbons (Fsp3) is 0.588. The SMILES string of the molecule is COCCOCCN1CCC(c2ccccc2)CCC1=O. The third-order valence-electron chi connectivity index (χ3n) is 4.02. The minimum atomic E-state index is 0.253. The van der Waals surface area contributed by atoms with Gasteiger partial charge in [-0.15, -0.1) is 0 Å². The highest BCUT2D eigenvalue weighted by Gasteiger charge is 2.22. The molecule has 1 aliphatic heterocycles. The highest BCUT2D eigenvalue weighted by Crippen LogP contribution is 2.28. The Hall–Kier alpha value is -1.39. The van der Waals surface area contributed by atoms with Crippen LogP contribution in [0.25, 0.3) is 0 Å². The van der Waals surface area contributed by atoms with Crippen LogP contribution in [0.2, 0.25) is 0 Å². The number of carbonyl (C=O) groups excluding carboxylic acids is 1. The highest BCUT2D eigenvalue weighted by atomic mass is 16.5. The quantitative estimate of drug-likeness (QED) is 0.724. The van der Waals surface area contributed by atoms with Crippen LogP contribution >= 0.6 is 0 Å². The normalized spacial score (nSPS) is 19.6. The lowest BCUT2D eigenvalue weighted by molar-refractivity contribution is -0.131. The number of benzene rings is 1. The summed E-state index contributed by atoms with van der Waals surface area (Å²) in [4.78, 5) is 14.1. The second kappa shape index (κ2) is 8.80. The lowest BCUT2D eigenvalue weighted by Gasteiger charge is -2.20. The van der Waals surface area contributed by atoms with E-state index in [4.69, 9.17) is 9.47 Å². The summed E-state index contributed by atoms with van der Waals surface area (Å²) in [7, 11) is 1.66. The predicted molar refractivity (Wildman–Crippen MR) is 82.3 cm³/mol. The van der Waals surface area contributed by atoms with Crippen LogP contribution < -0.4 is 0 Å². The minimum absolute atomic E-state index is 0.253. The molecule has 4 nitrogen and oxygen atoms in total. The van der Waals surface area contributed by atoms with Crippen molar-refractivity contribution in [3.8, 4) is 0 Å². The van der Waals surface area contributed by atoms with Gasteiger partial charge in [-0.2, -0.15) is 0 Å². The number of amides is 1. The Kier molecular flexibility index (Phi) is 6.70. The average Bonchev–Trinajstić information content (AvgIpc) is 2.70. The molecule has 21 heavy (non-hydrogen) atoms. The van der Waals surface area contributed by atoms with Crippen molar-refractivity contribution in [2.24, 2.45) is 0 Å². The van der Waals surface area contributed by atoms with E-state index < -0.39 is 0 Å². The maximum atomic E-state index is 12.2. The largest absolute Gasteiger partial charge is 0.382 e. The third-order valence-corrected chi connectivity index (χ3v) is 4.02. The Morgan fingerprint density at radius 3 is 2.71 bits per heavy atom. The van der Waals surface area contributed by atoms with E-state index in [1.165, 1.54) is 5.56 Å². The van der Waals surface area contributed by atoms with Crippen molar-refractivity contribution < 1.29 is 14.3 Å². The number of hydrogen-bond donors (Lipinski definition) is 0. The molecule has 0 radical (unpaired) electrons. The Morgan fingerprint density at radius 2 is 1.95 bits per heavy atom. The number of rotatable bonds is 7. The molecule has 1 saturated heterocycles. The van der Waals surface area contributed by atoms with Crippen LogP contribution in [0.3, 0.4) is 0 Å². The standard InChI is InChI=1S/C17H25NO3/c1-20-13-14-21-12-11-18-10-9-16(7-8-17(18)19)15-5-3-2-4-6-15/h2-6,16H,7-14H2,1H3. The molecule has 1 aromatic rings. The highest BCUT2D eigenvalue weighted by molar-refractivity contribution is 5.76. The van der Waals surface area contributed by atoms with Crippen LogP contribution in [0.5, 0.6) is 0 Å². The number of ether oxygens (including phenoxy) is 2. The summed E-state index contributed by atoms with van der Waals surface area (Å²) < 4.78 is 10.4. The average molecular weight is 291 g/mol. The molecule has 0 aliphatic carbocycles. The summed E-state index contributed by atoms with van der Waals surface area (Å²) in [5.41, 5.74) is 1.35. The maximum Gasteiger partial charge on any atom is 0.222 e. The van der Waals surface area contributed by atoms with E-state index in [0.717, 1.165) is 19.4 Å². The molecule has 116 valence electrons. The molecule has 2 rings (SSSR count). The summed E-state index contributed by atoms with van der Waals surface area (Å²) in [6.45, 7) is 3.29. The minimum Gasteiger partial charge on any atom is -0.382 e. The Labute approximate surface area is 127 Å². The number of carbonyl (C=O) groups is 1. The molecule has 0 bridgehead atoms. The van der Waals surface area contributed by atoms with Crippen LogP contribution in [0.15, 0.2) is 30.3 Å². The Morgan fingerprint density at radius 1 is 1.14 bits per heavy atom. The summed E-state index contributed by atoms with van der Waals surface area (Å²) in [6.07, 6.45) is 2.62. The smallest absolute Gasteiger partial charge is 0.222 e. The first-order chi connectivity index (χ1) is 10.3. The molecular formula is C17H25NO3. The van der Waals surface area contributed by atoms with Crippen LogP contribution in [0.4, 0.5) is 0 Å². The molecule has 1 heterocycles. The first-order valence-corrected chi connectivity index (χ1v) is 7.70. The van der Waals surface area contributed by atoms with Gasteiger partial charge in [-0.3, -0.25) is 4.79 Å². The van der Waals surface area contributed by atoms with Gasteiger partial charge in [0, 0.05) is 26.6 Å². The van der Waals surface area contributed by atoms with Gasteiger partial charge in [0.15, 0.2) is 0 Å². The number of methoxy groups -OCH3 is 1. The van der Waals surface area contributed by atoms with Crippen LogP contribution in [0, 0.1) is 0 Å².